The lowest BCUT2D eigenvalue weighted by Crippen LogP contribution is -2.04. The van der Waals surface area contributed by atoms with Gasteiger partial charge in [-0.25, -0.2) is 0 Å². The van der Waals surface area contributed by atoms with Crippen LogP contribution in [0.25, 0.3) is 0 Å². The highest BCUT2D eigenvalue weighted by molar-refractivity contribution is 6.30. The summed E-state index contributed by atoms with van der Waals surface area (Å²) in [6.45, 7) is 0. The summed E-state index contributed by atoms with van der Waals surface area (Å²) in [7, 11) is 0. The first kappa shape index (κ1) is 12.5. The number of hydrogen-bond donors (Lipinski definition) is 0. The van der Waals surface area contributed by atoms with Gasteiger partial charge in [-0.1, -0.05) is 54.1 Å². The number of alkyl halides is 1. The molecular weight excluding hydrogens is 251 g/mol. The molecule has 2 aromatic rings. The molecule has 1 unspecified atom stereocenters. The Balaban J connectivity index is 2.17. The second-order valence-corrected chi connectivity index (χ2v) is 4.84. The molecule has 0 amide bonds. The molecule has 0 fully saturated rings. The minimum Gasteiger partial charge on any atom is -0.126 e. The Morgan fingerprint density at radius 3 is 2.35 bits per heavy atom. The Bertz CT molecular complexity index is 465. The highest BCUT2D eigenvalue weighted by Crippen LogP contribution is 2.24. The van der Waals surface area contributed by atoms with Crippen molar-refractivity contribution in [1.29, 1.82) is 0 Å². The first-order valence-corrected chi connectivity index (χ1v) is 6.56. The van der Waals surface area contributed by atoms with Gasteiger partial charge < -0.3 is 0 Å². The van der Waals surface area contributed by atoms with Crippen molar-refractivity contribution in [3.63, 3.8) is 0 Å². The quantitative estimate of drug-likeness (QED) is 0.689. The Hall–Kier alpha value is -0.980. The fourth-order valence-corrected chi connectivity index (χ4v) is 2.41. The fourth-order valence-electron chi connectivity index (χ4n) is 1.92. The van der Waals surface area contributed by atoms with Crippen LogP contribution in [0, 0.1) is 0 Å². The molecule has 0 aliphatic heterocycles. The molecule has 0 aromatic heterocycles. The molecule has 2 aromatic carbocycles. The maximum atomic E-state index is 6.06. The van der Waals surface area contributed by atoms with Crippen LogP contribution >= 0.6 is 23.2 Å². The number of rotatable bonds is 4. The van der Waals surface area contributed by atoms with E-state index in [1.54, 1.807) is 0 Å². The molecule has 2 rings (SSSR count). The van der Waals surface area contributed by atoms with Gasteiger partial charge in [0.2, 0.25) is 0 Å². The van der Waals surface area contributed by atoms with Crippen LogP contribution in [0.2, 0.25) is 5.02 Å². The summed E-state index contributed by atoms with van der Waals surface area (Å²) in [4.78, 5) is 0. The Labute approximate surface area is 112 Å². The molecule has 0 N–H and O–H groups in total. The van der Waals surface area contributed by atoms with Crippen LogP contribution in [0.4, 0.5) is 0 Å². The lowest BCUT2D eigenvalue weighted by atomic mass is 9.94. The van der Waals surface area contributed by atoms with Gasteiger partial charge >= 0.3 is 0 Å². The van der Waals surface area contributed by atoms with Crippen molar-refractivity contribution in [1.82, 2.24) is 0 Å². The lowest BCUT2D eigenvalue weighted by Gasteiger charge is -2.14. The van der Waals surface area contributed by atoms with Gasteiger partial charge in [0, 0.05) is 16.8 Å². The Morgan fingerprint density at radius 2 is 1.71 bits per heavy atom. The summed E-state index contributed by atoms with van der Waals surface area (Å²) in [6, 6.07) is 18.3. The van der Waals surface area contributed by atoms with E-state index in [1.807, 2.05) is 24.3 Å². The minimum absolute atomic E-state index is 0.317. The van der Waals surface area contributed by atoms with Gasteiger partial charge in [0.05, 0.1) is 0 Å². The molecular formula is C15H14Cl2. The summed E-state index contributed by atoms with van der Waals surface area (Å²) in [5, 5.41) is 0.769. The van der Waals surface area contributed by atoms with Crippen molar-refractivity contribution in [2.75, 3.05) is 5.88 Å². The molecule has 0 aliphatic rings. The molecule has 2 heteroatoms. The summed E-state index contributed by atoms with van der Waals surface area (Å²) in [6.07, 6.45) is 0.949. The molecule has 0 saturated carbocycles. The second kappa shape index (κ2) is 6.09. The SMILES string of the molecule is ClCC(Cc1ccccc1)c1cccc(Cl)c1. The monoisotopic (exact) mass is 264 g/mol. The smallest absolute Gasteiger partial charge is 0.0408 e. The van der Waals surface area contributed by atoms with E-state index < -0.39 is 0 Å². The topological polar surface area (TPSA) is 0 Å². The standard InChI is InChI=1S/C15H14Cl2/c16-11-14(9-12-5-2-1-3-6-12)13-7-4-8-15(17)10-13/h1-8,10,14H,9,11H2. The summed E-state index contributed by atoms with van der Waals surface area (Å²) < 4.78 is 0. The van der Waals surface area contributed by atoms with Gasteiger partial charge in [-0.2, -0.15) is 0 Å². The van der Waals surface area contributed by atoms with Gasteiger partial charge in [0.1, 0.15) is 0 Å². The average Bonchev–Trinajstić information content (AvgIpc) is 2.37. The predicted octanol–water partition coefficient (Wildman–Crippen LogP) is 4.91. The van der Waals surface area contributed by atoms with Crippen molar-refractivity contribution in [2.24, 2.45) is 0 Å². The second-order valence-electron chi connectivity index (χ2n) is 4.10. The van der Waals surface area contributed by atoms with Gasteiger partial charge in [0.25, 0.3) is 0 Å². The van der Waals surface area contributed by atoms with E-state index in [0.29, 0.717) is 11.8 Å². The normalized spacial score (nSPS) is 12.4. The largest absolute Gasteiger partial charge is 0.126 e. The highest BCUT2D eigenvalue weighted by Gasteiger charge is 2.11. The number of halogens is 2. The van der Waals surface area contributed by atoms with Crippen LogP contribution in [0.5, 0.6) is 0 Å². The minimum atomic E-state index is 0.317. The van der Waals surface area contributed by atoms with E-state index in [4.69, 9.17) is 23.2 Å². The fraction of sp³-hybridized carbons (Fsp3) is 0.200. The van der Waals surface area contributed by atoms with E-state index in [0.717, 1.165) is 11.4 Å². The zero-order chi connectivity index (χ0) is 12.1. The molecule has 0 bridgehead atoms. The van der Waals surface area contributed by atoms with Crippen LogP contribution in [-0.4, -0.2) is 5.88 Å². The Kier molecular flexibility index (Phi) is 4.47. The van der Waals surface area contributed by atoms with Gasteiger partial charge in [-0.15, -0.1) is 11.6 Å². The molecule has 88 valence electrons. The van der Waals surface area contributed by atoms with Gasteiger partial charge in [0.15, 0.2) is 0 Å². The third-order valence-corrected chi connectivity index (χ3v) is 3.44. The van der Waals surface area contributed by atoms with Crippen molar-refractivity contribution in [2.45, 2.75) is 12.3 Å². The maximum absolute atomic E-state index is 6.06. The van der Waals surface area contributed by atoms with Crippen LogP contribution < -0.4 is 0 Å². The summed E-state index contributed by atoms with van der Waals surface area (Å²) >= 11 is 12.1. The Morgan fingerprint density at radius 1 is 0.941 bits per heavy atom. The first-order chi connectivity index (χ1) is 8.29. The number of benzene rings is 2. The third kappa shape index (κ3) is 3.49. The lowest BCUT2D eigenvalue weighted by molar-refractivity contribution is 0.766. The van der Waals surface area contributed by atoms with Crippen molar-refractivity contribution < 1.29 is 0 Å². The van der Waals surface area contributed by atoms with E-state index in [2.05, 4.69) is 30.3 Å². The molecule has 0 aliphatic carbocycles. The van der Waals surface area contributed by atoms with Crippen molar-refractivity contribution >= 4 is 23.2 Å². The predicted molar refractivity (Wildman–Crippen MR) is 75.1 cm³/mol. The molecule has 0 spiro atoms. The highest BCUT2D eigenvalue weighted by atomic mass is 35.5. The van der Waals surface area contributed by atoms with E-state index >= 15 is 0 Å². The maximum Gasteiger partial charge on any atom is 0.0408 e. The van der Waals surface area contributed by atoms with Crippen LogP contribution in [0.3, 0.4) is 0 Å². The molecule has 0 radical (unpaired) electrons. The third-order valence-electron chi connectivity index (χ3n) is 2.83. The molecule has 0 saturated heterocycles. The van der Waals surface area contributed by atoms with Crippen LogP contribution in [0.15, 0.2) is 54.6 Å². The van der Waals surface area contributed by atoms with E-state index in [9.17, 15) is 0 Å². The van der Waals surface area contributed by atoms with Crippen molar-refractivity contribution in [3.8, 4) is 0 Å². The molecule has 0 nitrogen and oxygen atoms in total. The zero-order valence-corrected chi connectivity index (χ0v) is 11.0. The van der Waals surface area contributed by atoms with E-state index in [-0.39, 0.29) is 0 Å². The number of hydrogen-bond acceptors (Lipinski definition) is 0. The summed E-state index contributed by atoms with van der Waals surface area (Å²) in [5.41, 5.74) is 2.51. The molecule has 1 atom stereocenters. The molecule has 17 heavy (non-hydrogen) atoms. The molecule has 0 heterocycles. The summed E-state index contributed by atoms with van der Waals surface area (Å²) in [5.74, 6) is 0.924. The van der Waals surface area contributed by atoms with Crippen LogP contribution in [0.1, 0.15) is 17.0 Å². The van der Waals surface area contributed by atoms with E-state index in [1.165, 1.54) is 11.1 Å². The first-order valence-electron chi connectivity index (χ1n) is 5.65. The zero-order valence-electron chi connectivity index (χ0n) is 9.44. The average molecular weight is 265 g/mol. The van der Waals surface area contributed by atoms with Gasteiger partial charge in [-0.3, -0.25) is 0 Å². The van der Waals surface area contributed by atoms with Crippen LogP contribution in [-0.2, 0) is 6.42 Å². The van der Waals surface area contributed by atoms with Crippen molar-refractivity contribution in [3.05, 3.63) is 70.7 Å². The van der Waals surface area contributed by atoms with Gasteiger partial charge in [-0.05, 0) is 29.7 Å².